The number of benzene rings is 1. The molecule has 0 aliphatic carbocycles. The highest BCUT2D eigenvalue weighted by Gasteiger charge is 2.33. The van der Waals surface area contributed by atoms with Crippen LogP contribution in [0.2, 0.25) is 5.02 Å². The van der Waals surface area contributed by atoms with Crippen molar-refractivity contribution in [3.63, 3.8) is 0 Å². The van der Waals surface area contributed by atoms with E-state index in [0.717, 1.165) is 6.07 Å². The third-order valence-electron chi connectivity index (χ3n) is 3.61. The Morgan fingerprint density at radius 2 is 1.88 bits per heavy atom. The van der Waals surface area contributed by atoms with Gasteiger partial charge in [0.2, 0.25) is 0 Å². The zero-order chi connectivity index (χ0) is 18.6. The molecule has 0 unspecified atom stereocenters. The Kier molecular flexibility index (Phi) is 5.89. The van der Waals surface area contributed by atoms with Crippen molar-refractivity contribution in [3.8, 4) is 0 Å². The van der Waals surface area contributed by atoms with Crippen LogP contribution in [0.5, 0.6) is 0 Å². The maximum Gasteiger partial charge on any atom is 0.418 e. The number of alkyl halides is 3. The fraction of sp³-hybridized carbons (Fsp3) is 0.294. The summed E-state index contributed by atoms with van der Waals surface area (Å²) in [6, 6.07) is 6.44. The fourth-order valence-electron chi connectivity index (χ4n) is 2.29. The van der Waals surface area contributed by atoms with Crippen LogP contribution in [-0.2, 0) is 6.18 Å². The van der Waals surface area contributed by atoms with Gasteiger partial charge in [0.05, 0.1) is 16.8 Å². The fourth-order valence-corrected chi connectivity index (χ4v) is 2.46. The standard InChI is InChI=1S/C17H17ClF3N3O/c1-3-24(4-2)16(25)11-5-8-15(22-10-11)23-14-7-6-12(18)9-13(14)17(19,20)21/h5-10H,3-4H2,1-2H3,(H,22,23). The molecule has 1 N–H and O–H groups in total. The van der Waals surface area contributed by atoms with Gasteiger partial charge in [0.1, 0.15) is 5.82 Å². The molecule has 1 heterocycles. The van der Waals surface area contributed by atoms with E-state index in [2.05, 4.69) is 10.3 Å². The monoisotopic (exact) mass is 371 g/mol. The lowest BCUT2D eigenvalue weighted by atomic mass is 10.1. The van der Waals surface area contributed by atoms with Crippen LogP contribution in [0.25, 0.3) is 0 Å². The van der Waals surface area contributed by atoms with Crippen LogP contribution in [0.1, 0.15) is 29.8 Å². The SMILES string of the molecule is CCN(CC)C(=O)c1ccc(Nc2ccc(Cl)cc2C(F)(F)F)nc1. The number of aromatic nitrogens is 1. The Morgan fingerprint density at radius 3 is 2.40 bits per heavy atom. The number of nitrogens with zero attached hydrogens (tertiary/aromatic N) is 2. The third kappa shape index (κ3) is 4.63. The summed E-state index contributed by atoms with van der Waals surface area (Å²) in [5.74, 6) is 0.0236. The van der Waals surface area contributed by atoms with E-state index in [1.165, 1.54) is 30.5 Å². The Bertz CT molecular complexity index is 744. The first kappa shape index (κ1) is 19.1. The molecule has 1 amide bonds. The third-order valence-corrected chi connectivity index (χ3v) is 3.85. The maximum absolute atomic E-state index is 13.1. The summed E-state index contributed by atoms with van der Waals surface area (Å²) in [7, 11) is 0. The number of halogens is 4. The highest BCUT2D eigenvalue weighted by atomic mass is 35.5. The highest BCUT2D eigenvalue weighted by Crippen LogP contribution is 2.37. The summed E-state index contributed by atoms with van der Waals surface area (Å²) in [6.45, 7) is 4.86. The van der Waals surface area contributed by atoms with E-state index in [-0.39, 0.29) is 22.4 Å². The molecule has 1 aromatic carbocycles. The van der Waals surface area contributed by atoms with Gasteiger partial charge < -0.3 is 10.2 Å². The topological polar surface area (TPSA) is 45.2 Å². The number of nitrogens with one attached hydrogen (secondary N) is 1. The first-order chi connectivity index (χ1) is 11.8. The van der Waals surface area contributed by atoms with Gasteiger partial charge in [-0.1, -0.05) is 11.6 Å². The van der Waals surface area contributed by atoms with Crippen molar-refractivity contribution >= 4 is 29.0 Å². The van der Waals surface area contributed by atoms with E-state index in [1.54, 1.807) is 4.90 Å². The van der Waals surface area contributed by atoms with Crippen molar-refractivity contribution in [2.45, 2.75) is 20.0 Å². The van der Waals surface area contributed by atoms with Gasteiger partial charge in [0.15, 0.2) is 0 Å². The molecule has 0 radical (unpaired) electrons. The summed E-state index contributed by atoms with van der Waals surface area (Å²) in [6.07, 6.45) is -3.21. The first-order valence-corrected chi connectivity index (χ1v) is 8.03. The van der Waals surface area contributed by atoms with Gasteiger partial charge in [-0.3, -0.25) is 4.79 Å². The zero-order valence-corrected chi connectivity index (χ0v) is 14.4. The lowest BCUT2D eigenvalue weighted by Crippen LogP contribution is -2.30. The Hall–Kier alpha value is -2.28. The molecular formula is C17H17ClF3N3O. The number of anilines is 2. The molecule has 2 aromatic rings. The minimum Gasteiger partial charge on any atom is -0.340 e. The number of carbonyl (C=O) groups is 1. The Labute approximate surface area is 148 Å². The van der Waals surface area contributed by atoms with Crippen LogP contribution < -0.4 is 5.32 Å². The number of amides is 1. The quantitative estimate of drug-likeness (QED) is 0.806. The van der Waals surface area contributed by atoms with E-state index < -0.39 is 11.7 Å². The lowest BCUT2D eigenvalue weighted by Gasteiger charge is -2.18. The molecule has 0 fully saturated rings. The first-order valence-electron chi connectivity index (χ1n) is 7.65. The zero-order valence-electron chi connectivity index (χ0n) is 13.7. The van der Waals surface area contributed by atoms with E-state index in [4.69, 9.17) is 11.6 Å². The van der Waals surface area contributed by atoms with Gasteiger partial charge in [-0.15, -0.1) is 0 Å². The van der Waals surface area contributed by atoms with E-state index in [9.17, 15) is 18.0 Å². The molecule has 4 nitrogen and oxygen atoms in total. The number of hydrogen-bond donors (Lipinski definition) is 1. The van der Waals surface area contributed by atoms with Crippen LogP contribution in [0.15, 0.2) is 36.5 Å². The van der Waals surface area contributed by atoms with Gasteiger partial charge in [-0.05, 0) is 44.2 Å². The number of pyridine rings is 1. The van der Waals surface area contributed by atoms with Crippen molar-refractivity contribution in [3.05, 3.63) is 52.7 Å². The summed E-state index contributed by atoms with van der Waals surface area (Å²) >= 11 is 5.65. The van der Waals surface area contributed by atoms with E-state index >= 15 is 0 Å². The van der Waals surface area contributed by atoms with Crippen LogP contribution in [-0.4, -0.2) is 28.9 Å². The molecule has 0 bridgehead atoms. The molecule has 1 aromatic heterocycles. The Morgan fingerprint density at radius 1 is 1.20 bits per heavy atom. The predicted molar refractivity (Wildman–Crippen MR) is 91.2 cm³/mol. The average Bonchev–Trinajstić information content (AvgIpc) is 2.57. The second kappa shape index (κ2) is 7.74. The van der Waals surface area contributed by atoms with Gasteiger partial charge in [0.25, 0.3) is 5.91 Å². The second-order valence-electron chi connectivity index (χ2n) is 5.22. The summed E-state index contributed by atoms with van der Waals surface area (Å²) in [5, 5.41) is 2.61. The molecule has 0 spiro atoms. The average molecular weight is 372 g/mol. The summed E-state index contributed by atoms with van der Waals surface area (Å²) < 4.78 is 39.3. The van der Waals surface area contributed by atoms with Crippen LogP contribution >= 0.6 is 11.6 Å². The maximum atomic E-state index is 13.1. The smallest absolute Gasteiger partial charge is 0.340 e. The summed E-state index contributed by atoms with van der Waals surface area (Å²) in [4.78, 5) is 17.9. The van der Waals surface area contributed by atoms with E-state index in [1.807, 2.05) is 13.8 Å². The molecule has 25 heavy (non-hydrogen) atoms. The van der Waals surface area contributed by atoms with Crippen molar-refractivity contribution in [2.75, 3.05) is 18.4 Å². The van der Waals surface area contributed by atoms with E-state index in [0.29, 0.717) is 18.7 Å². The molecule has 8 heteroatoms. The van der Waals surface area contributed by atoms with Crippen molar-refractivity contribution < 1.29 is 18.0 Å². The van der Waals surface area contributed by atoms with Crippen LogP contribution in [0, 0.1) is 0 Å². The Balaban J connectivity index is 2.24. The van der Waals surface area contributed by atoms with Crippen molar-refractivity contribution in [1.29, 1.82) is 0 Å². The molecule has 0 saturated heterocycles. The second-order valence-corrected chi connectivity index (χ2v) is 5.66. The number of hydrogen-bond acceptors (Lipinski definition) is 3. The van der Waals surface area contributed by atoms with Gasteiger partial charge in [-0.25, -0.2) is 4.98 Å². The highest BCUT2D eigenvalue weighted by molar-refractivity contribution is 6.30. The minimum absolute atomic E-state index is 0.00833. The number of carbonyl (C=O) groups excluding carboxylic acids is 1. The molecule has 0 aliphatic rings. The molecule has 0 saturated carbocycles. The van der Waals surface area contributed by atoms with Crippen molar-refractivity contribution in [1.82, 2.24) is 9.88 Å². The van der Waals surface area contributed by atoms with Crippen LogP contribution in [0.3, 0.4) is 0 Å². The minimum atomic E-state index is -4.55. The lowest BCUT2D eigenvalue weighted by molar-refractivity contribution is -0.136. The predicted octanol–water partition coefficient (Wildman–Crippen LogP) is 4.98. The van der Waals surface area contributed by atoms with Gasteiger partial charge in [0, 0.05) is 24.3 Å². The molecule has 0 aliphatic heterocycles. The number of rotatable bonds is 5. The van der Waals surface area contributed by atoms with Gasteiger partial charge >= 0.3 is 6.18 Å². The van der Waals surface area contributed by atoms with Crippen molar-refractivity contribution in [2.24, 2.45) is 0 Å². The molecule has 0 atom stereocenters. The molecular weight excluding hydrogens is 355 g/mol. The van der Waals surface area contributed by atoms with Gasteiger partial charge in [-0.2, -0.15) is 13.2 Å². The molecule has 2 rings (SSSR count). The normalized spacial score (nSPS) is 11.3. The largest absolute Gasteiger partial charge is 0.418 e. The van der Waals surface area contributed by atoms with Crippen LogP contribution in [0.4, 0.5) is 24.7 Å². The molecule has 134 valence electrons. The summed E-state index contributed by atoms with van der Waals surface area (Å²) in [5.41, 5.74) is -0.668.